The standard InChI is InChI=1S/C10H19F3N2O/c11-10(12,13)8-16-6-5-15-3-1-9(7-14)2-4-15/h9H,1-8,14H2. The Labute approximate surface area is 93.7 Å². The molecular formula is C10H19F3N2O. The van der Waals surface area contributed by atoms with Crippen molar-refractivity contribution in [2.24, 2.45) is 11.7 Å². The fourth-order valence-corrected chi connectivity index (χ4v) is 1.83. The van der Waals surface area contributed by atoms with E-state index in [4.69, 9.17) is 5.73 Å². The van der Waals surface area contributed by atoms with Gasteiger partial charge >= 0.3 is 6.18 Å². The smallest absolute Gasteiger partial charge is 0.371 e. The molecule has 0 aromatic carbocycles. The minimum atomic E-state index is -4.22. The molecule has 0 bridgehead atoms. The second kappa shape index (κ2) is 6.42. The molecule has 0 unspecified atom stereocenters. The van der Waals surface area contributed by atoms with Gasteiger partial charge in [-0.25, -0.2) is 0 Å². The molecule has 1 aliphatic heterocycles. The molecule has 3 nitrogen and oxygen atoms in total. The number of nitrogens with zero attached hydrogens (tertiary/aromatic N) is 1. The molecular weight excluding hydrogens is 221 g/mol. The van der Waals surface area contributed by atoms with Crippen LogP contribution in [0.3, 0.4) is 0 Å². The molecule has 1 heterocycles. The van der Waals surface area contributed by atoms with Crippen molar-refractivity contribution in [3.05, 3.63) is 0 Å². The zero-order valence-electron chi connectivity index (χ0n) is 9.30. The average Bonchev–Trinajstić information content (AvgIpc) is 2.24. The van der Waals surface area contributed by atoms with Gasteiger partial charge in [0.05, 0.1) is 6.61 Å². The molecule has 6 heteroatoms. The Bertz CT molecular complexity index is 191. The minimum absolute atomic E-state index is 0.146. The van der Waals surface area contributed by atoms with Crippen molar-refractivity contribution >= 4 is 0 Å². The summed E-state index contributed by atoms with van der Waals surface area (Å²) in [5, 5.41) is 0. The van der Waals surface area contributed by atoms with Crippen molar-refractivity contribution < 1.29 is 17.9 Å². The predicted molar refractivity (Wildman–Crippen MR) is 55.1 cm³/mol. The van der Waals surface area contributed by atoms with E-state index in [9.17, 15) is 13.2 Å². The molecule has 1 saturated heterocycles. The van der Waals surface area contributed by atoms with E-state index < -0.39 is 12.8 Å². The maximum absolute atomic E-state index is 11.8. The third kappa shape index (κ3) is 5.67. The fourth-order valence-electron chi connectivity index (χ4n) is 1.83. The summed E-state index contributed by atoms with van der Waals surface area (Å²) in [6, 6.07) is 0. The van der Waals surface area contributed by atoms with Gasteiger partial charge in [-0.1, -0.05) is 0 Å². The average molecular weight is 240 g/mol. The first-order valence-electron chi connectivity index (χ1n) is 5.58. The summed E-state index contributed by atoms with van der Waals surface area (Å²) in [5.74, 6) is 0.576. The molecule has 0 aromatic rings. The van der Waals surface area contributed by atoms with Crippen molar-refractivity contribution in [3.63, 3.8) is 0 Å². The molecule has 0 spiro atoms. The van der Waals surface area contributed by atoms with Gasteiger partial charge in [0.1, 0.15) is 6.61 Å². The highest BCUT2D eigenvalue weighted by Gasteiger charge is 2.27. The van der Waals surface area contributed by atoms with E-state index >= 15 is 0 Å². The van der Waals surface area contributed by atoms with Crippen LogP contribution in [0.25, 0.3) is 0 Å². The molecule has 2 N–H and O–H groups in total. The van der Waals surface area contributed by atoms with Gasteiger partial charge in [0.2, 0.25) is 0 Å². The molecule has 1 fully saturated rings. The lowest BCUT2D eigenvalue weighted by atomic mass is 9.97. The third-order valence-corrected chi connectivity index (χ3v) is 2.86. The first kappa shape index (κ1) is 13.7. The zero-order valence-corrected chi connectivity index (χ0v) is 9.30. The summed E-state index contributed by atoms with van der Waals surface area (Å²) in [5.41, 5.74) is 5.55. The second-order valence-corrected chi connectivity index (χ2v) is 4.19. The summed E-state index contributed by atoms with van der Waals surface area (Å²) in [7, 11) is 0. The molecule has 0 atom stereocenters. The van der Waals surface area contributed by atoms with E-state index in [-0.39, 0.29) is 6.61 Å². The molecule has 0 amide bonds. The van der Waals surface area contributed by atoms with Crippen molar-refractivity contribution in [2.75, 3.05) is 39.4 Å². The van der Waals surface area contributed by atoms with Gasteiger partial charge in [0.25, 0.3) is 0 Å². The number of hydrogen-bond donors (Lipinski definition) is 1. The Kier molecular flexibility index (Phi) is 5.51. The number of hydrogen-bond acceptors (Lipinski definition) is 3. The molecule has 0 aromatic heterocycles. The van der Waals surface area contributed by atoms with Crippen molar-refractivity contribution in [3.8, 4) is 0 Å². The Balaban J connectivity index is 2.02. The Morgan fingerprint density at radius 1 is 1.25 bits per heavy atom. The Hall–Kier alpha value is -0.330. The lowest BCUT2D eigenvalue weighted by Gasteiger charge is -2.31. The number of rotatable bonds is 5. The summed E-state index contributed by atoms with van der Waals surface area (Å²) < 4.78 is 39.9. The minimum Gasteiger partial charge on any atom is -0.371 e. The highest BCUT2D eigenvalue weighted by Crippen LogP contribution is 2.16. The number of nitrogens with two attached hydrogens (primary N) is 1. The summed E-state index contributed by atoms with van der Waals surface area (Å²) >= 11 is 0. The van der Waals surface area contributed by atoms with Crippen LogP contribution in [0.5, 0.6) is 0 Å². The monoisotopic (exact) mass is 240 g/mol. The normalized spacial score (nSPS) is 20.2. The first-order valence-corrected chi connectivity index (χ1v) is 5.58. The molecule has 0 aliphatic carbocycles. The van der Waals surface area contributed by atoms with E-state index in [1.165, 1.54) is 0 Å². The van der Waals surface area contributed by atoms with Gasteiger partial charge in [0.15, 0.2) is 0 Å². The second-order valence-electron chi connectivity index (χ2n) is 4.19. The van der Waals surface area contributed by atoms with Crippen LogP contribution >= 0.6 is 0 Å². The molecule has 0 radical (unpaired) electrons. The highest BCUT2D eigenvalue weighted by atomic mass is 19.4. The van der Waals surface area contributed by atoms with Gasteiger partial charge in [-0.15, -0.1) is 0 Å². The van der Waals surface area contributed by atoms with Crippen molar-refractivity contribution in [1.29, 1.82) is 0 Å². The van der Waals surface area contributed by atoms with Crippen LogP contribution in [0, 0.1) is 5.92 Å². The van der Waals surface area contributed by atoms with Crippen LogP contribution in [0.15, 0.2) is 0 Å². The van der Waals surface area contributed by atoms with Crippen LogP contribution < -0.4 is 5.73 Å². The van der Waals surface area contributed by atoms with Crippen LogP contribution in [0.4, 0.5) is 13.2 Å². The largest absolute Gasteiger partial charge is 0.411 e. The van der Waals surface area contributed by atoms with E-state index in [1.54, 1.807) is 0 Å². The van der Waals surface area contributed by atoms with Gasteiger partial charge in [-0.3, -0.25) is 0 Å². The molecule has 0 saturated carbocycles. The lowest BCUT2D eigenvalue weighted by molar-refractivity contribution is -0.174. The number of piperidine rings is 1. The molecule has 16 heavy (non-hydrogen) atoms. The third-order valence-electron chi connectivity index (χ3n) is 2.86. The molecule has 96 valence electrons. The number of halogens is 3. The van der Waals surface area contributed by atoms with Crippen molar-refractivity contribution in [1.82, 2.24) is 4.90 Å². The zero-order chi connectivity index (χ0) is 12.0. The topological polar surface area (TPSA) is 38.5 Å². The molecule has 1 rings (SSSR count). The highest BCUT2D eigenvalue weighted by molar-refractivity contribution is 4.72. The first-order chi connectivity index (χ1) is 7.51. The van der Waals surface area contributed by atoms with Crippen molar-refractivity contribution in [2.45, 2.75) is 19.0 Å². The lowest BCUT2D eigenvalue weighted by Crippen LogP contribution is -2.38. The Morgan fingerprint density at radius 3 is 2.38 bits per heavy atom. The number of alkyl halides is 3. The quantitative estimate of drug-likeness (QED) is 0.735. The van der Waals surface area contributed by atoms with Crippen LogP contribution in [0.2, 0.25) is 0 Å². The van der Waals surface area contributed by atoms with E-state index in [0.717, 1.165) is 25.9 Å². The van der Waals surface area contributed by atoms with Gasteiger partial charge in [-0.2, -0.15) is 13.2 Å². The van der Waals surface area contributed by atoms with Crippen LogP contribution in [0.1, 0.15) is 12.8 Å². The molecule has 1 aliphatic rings. The SMILES string of the molecule is NCC1CCN(CCOCC(F)(F)F)CC1. The van der Waals surface area contributed by atoms with E-state index in [1.807, 2.05) is 0 Å². The number of likely N-dealkylation sites (tertiary alicyclic amines) is 1. The van der Waals surface area contributed by atoms with Crippen LogP contribution in [-0.4, -0.2) is 50.5 Å². The van der Waals surface area contributed by atoms with Gasteiger partial charge < -0.3 is 15.4 Å². The Morgan fingerprint density at radius 2 is 1.88 bits per heavy atom. The van der Waals surface area contributed by atoms with Crippen LogP contribution in [-0.2, 0) is 4.74 Å². The van der Waals surface area contributed by atoms with Gasteiger partial charge in [-0.05, 0) is 38.4 Å². The maximum Gasteiger partial charge on any atom is 0.411 e. The predicted octanol–water partition coefficient (Wildman–Crippen LogP) is 1.24. The van der Waals surface area contributed by atoms with E-state index in [0.29, 0.717) is 19.0 Å². The van der Waals surface area contributed by atoms with E-state index in [2.05, 4.69) is 9.64 Å². The summed E-state index contributed by atoms with van der Waals surface area (Å²) in [6.07, 6.45) is -2.14. The number of ether oxygens (including phenoxy) is 1. The van der Waals surface area contributed by atoms with Gasteiger partial charge in [0, 0.05) is 6.54 Å². The maximum atomic E-state index is 11.8. The summed E-state index contributed by atoms with van der Waals surface area (Å²) in [4.78, 5) is 2.13. The summed E-state index contributed by atoms with van der Waals surface area (Å²) in [6.45, 7) is 2.11. The fraction of sp³-hybridized carbons (Fsp3) is 1.00.